The predicted octanol–water partition coefficient (Wildman–Crippen LogP) is 3.65. The molecule has 1 aromatic heterocycles. The molecule has 0 unspecified atom stereocenters. The first-order valence-electron chi connectivity index (χ1n) is 8.93. The second kappa shape index (κ2) is 9.76. The Balaban J connectivity index is 1.78. The number of fused-ring (bicyclic) bond motifs is 1. The average Bonchev–Trinajstić information content (AvgIpc) is 3.05. The van der Waals surface area contributed by atoms with Crippen LogP contribution in [0.25, 0.3) is 11.0 Å². The van der Waals surface area contributed by atoms with Gasteiger partial charge in [0.2, 0.25) is 5.91 Å². The lowest BCUT2D eigenvalue weighted by atomic mass is 10.2. The van der Waals surface area contributed by atoms with Crippen LogP contribution in [0.1, 0.15) is 12.5 Å². The number of benzene rings is 2. The second-order valence-corrected chi connectivity index (χ2v) is 7.39. The summed E-state index contributed by atoms with van der Waals surface area (Å²) in [5.74, 6) is -1.18. The standard InChI is InChI=1S/C20H19ClFN3O3S/c1-2-28-19(27)10-23-18(26)12-29-20-24-16-8-3-4-9-17(16)25(20)11-13-14(21)6-5-7-15(13)22/h3-9H,2,10-12H2,1H3,(H,23,26). The van der Waals surface area contributed by atoms with Crippen LogP contribution in [0.4, 0.5) is 4.39 Å². The molecule has 0 spiro atoms. The Morgan fingerprint density at radius 3 is 2.79 bits per heavy atom. The molecule has 0 atom stereocenters. The minimum Gasteiger partial charge on any atom is -0.465 e. The van der Waals surface area contributed by atoms with Gasteiger partial charge in [0.05, 0.1) is 29.9 Å². The maximum absolute atomic E-state index is 14.3. The Morgan fingerprint density at radius 1 is 1.24 bits per heavy atom. The molecule has 1 amide bonds. The molecule has 1 N–H and O–H groups in total. The van der Waals surface area contributed by atoms with Crippen molar-refractivity contribution < 1.29 is 18.7 Å². The van der Waals surface area contributed by atoms with Gasteiger partial charge in [-0.1, -0.05) is 41.6 Å². The first-order valence-corrected chi connectivity index (χ1v) is 10.3. The number of carbonyl (C=O) groups is 2. The van der Waals surface area contributed by atoms with E-state index in [2.05, 4.69) is 10.3 Å². The van der Waals surface area contributed by atoms with Gasteiger partial charge in [0.25, 0.3) is 0 Å². The van der Waals surface area contributed by atoms with Crippen LogP contribution in [0.5, 0.6) is 0 Å². The molecule has 6 nitrogen and oxygen atoms in total. The molecule has 0 aliphatic carbocycles. The van der Waals surface area contributed by atoms with Gasteiger partial charge < -0.3 is 14.6 Å². The fourth-order valence-electron chi connectivity index (χ4n) is 2.72. The molecule has 0 radical (unpaired) electrons. The second-order valence-electron chi connectivity index (χ2n) is 6.04. The molecule has 0 bridgehead atoms. The summed E-state index contributed by atoms with van der Waals surface area (Å²) < 4.78 is 20.9. The molecule has 0 saturated carbocycles. The molecule has 1 heterocycles. The van der Waals surface area contributed by atoms with E-state index in [1.54, 1.807) is 19.1 Å². The van der Waals surface area contributed by atoms with Gasteiger partial charge in [-0.2, -0.15) is 0 Å². The summed E-state index contributed by atoms with van der Waals surface area (Å²) in [5.41, 5.74) is 1.89. The van der Waals surface area contributed by atoms with Crippen molar-refractivity contribution >= 4 is 46.3 Å². The number of nitrogens with zero attached hydrogens (tertiary/aromatic N) is 2. The van der Waals surface area contributed by atoms with Crippen LogP contribution < -0.4 is 5.32 Å². The molecule has 3 aromatic rings. The Labute approximate surface area is 176 Å². The van der Waals surface area contributed by atoms with Gasteiger partial charge in [0, 0.05) is 10.6 Å². The molecule has 29 heavy (non-hydrogen) atoms. The number of para-hydroxylation sites is 2. The molecule has 0 aliphatic heterocycles. The van der Waals surface area contributed by atoms with E-state index in [1.807, 2.05) is 28.8 Å². The van der Waals surface area contributed by atoms with Crippen molar-refractivity contribution in [3.8, 4) is 0 Å². The van der Waals surface area contributed by atoms with Gasteiger partial charge >= 0.3 is 5.97 Å². The van der Waals surface area contributed by atoms with Gasteiger partial charge in [-0.3, -0.25) is 9.59 Å². The van der Waals surface area contributed by atoms with Crippen molar-refractivity contribution in [2.24, 2.45) is 0 Å². The highest BCUT2D eigenvalue weighted by atomic mass is 35.5. The van der Waals surface area contributed by atoms with Crippen molar-refractivity contribution in [1.29, 1.82) is 0 Å². The minimum atomic E-state index is -0.493. The summed E-state index contributed by atoms with van der Waals surface area (Å²) >= 11 is 7.38. The normalized spacial score (nSPS) is 10.9. The number of thioether (sulfide) groups is 1. The van der Waals surface area contributed by atoms with Crippen molar-refractivity contribution in [3.05, 3.63) is 58.9 Å². The Kier molecular flexibility index (Phi) is 7.11. The molecule has 152 valence electrons. The summed E-state index contributed by atoms with van der Waals surface area (Å²) in [4.78, 5) is 28.0. The first kappa shape index (κ1) is 21.1. The van der Waals surface area contributed by atoms with E-state index in [0.717, 1.165) is 11.0 Å². The van der Waals surface area contributed by atoms with E-state index in [9.17, 15) is 14.0 Å². The number of ether oxygens (including phenoxy) is 1. The van der Waals surface area contributed by atoms with Crippen molar-refractivity contribution in [3.63, 3.8) is 0 Å². The van der Waals surface area contributed by atoms with E-state index in [0.29, 0.717) is 15.7 Å². The number of halogens is 2. The number of esters is 1. The third kappa shape index (κ3) is 5.27. The zero-order valence-corrected chi connectivity index (χ0v) is 17.2. The number of nitrogens with one attached hydrogen (secondary N) is 1. The maximum atomic E-state index is 14.3. The third-order valence-electron chi connectivity index (χ3n) is 4.07. The molecule has 0 aliphatic rings. The molecular formula is C20H19ClFN3O3S. The zero-order chi connectivity index (χ0) is 20.8. The lowest BCUT2D eigenvalue weighted by Crippen LogP contribution is -2.31. The largest absolute Gasteiger partial charge is 0.465 e. The van der Waals surface area contributed by atoms with E-state index in [4.69, 9.17) is 16.3 Å². The van der Waals surface area contributed by atoms with Crippen molar-refractivity contribution in [2.75, 3.05) is 18.9 Å². The van der Waals surface area contributed by atoms with E-state index in [1.165, 1.54) is 17.8 Å². The molecular weight excluding hydrogens is 417 g/mol. The van der Waals surface area contributed by atoms with Crippen LogP contribution in [0.3, 0.4) is 0 Å². The monoisotopic (exact) mass is 435 g/mol. The number of amides is 1. The zero-order valence-electron chi connectivity index (χ0n) is 15.7. The van der Waals surface area contributed by atoms with Crippen molar-refractivity contribution in [1.82, 2.24) is 14.9 Å². The first-order chi connectivity index (χ1) is 14.0. The predicted molar refractivity (Wildman–Crippen MR) is 111 cm³/mol. The molecule has 0 fully saturated rings. The molecule has 0 saturated heterocycles. The van der Waals surface area contributed by atoms with E-state index < -0.39 is 11.8 Å². The highest BCUT2D eigenvalue weighted by molar-refractivity contribution is 7.99. The van der Waals surface area contributed by atoms with Crippen molar-refractivity contribution in [2.45, 2.75) is 18.6 Å². The van der Waals surface area contributed by atoms with Gasteiger partial charge in [-0.15, -0.1) is 0 Å². The Bertz CT molecular complexity index is 1020. The minimum absolute atomic E-state index is 0.0493. The van der Waals surface area contributed by atoms with E-state index in [-0.39, 0.29) is 31.4 Å². The average molecular weight is 436 g/mol. The lowest BCUT2D eigenvalue weighted by molar-refractivity contribution is -0.143. The van der Waals surface area contributed by atoms with Gasteiger partial charge in [0.1, 0.15) is 12.4 Å². The molecule has 2 aromatic carbocycles. The third-order valence-corrected chi connectivity index (χ3v) is 5.40. The maximum Gasteiger partial charge on any atom is 0.325 e. The Hall–Kier alpha value is -2.58. The fraction of sp³-hybridized carbons (Fsp3) is 0.250. The SMILES string of the molecule is CCOC(=O)CNC(=O)CSc1nc2ccccc2n1Cc1c(F)cccc1Cl. The van der Waals surface area contributed by atoms with Crippen LogP contribution >= 0.6 is 23.4 Å². The topological polar surface area (TPSA) is 73.2 Å². The van der Waals surface area contributed by atoms with Gasteiger partial charge in [-0.25, -0.2) is 9.37 Å². The Morgan fingerprint density at radius 2 is 2.03 bits per heavy atom. The number of aromatic nitrogens is 2. The number of rotatable bonds is 8. The summed E-state index contributed by atoms with van der Waals surface area (Å²) in [7, 11) is 0. The van der Waals surface area contributed by atoms with Crippen LogP contribution in [0, 0.1) is 5.82 Å². The summed E-state index contributed by atoms with van der Waals surface area (Å²) in [6.07, 6.45) is 0. The fourth-order valence-corrected chi connectivity index (χ4v) is 3.79. The molecule has 9 heteroatoms. The van der Waals surface area contributed by atoms with Gasteiger partial charge in [0.15, 0.2) is 5.16 Å². The summed E-state index contributed by atoms with van der Waals surface area (Å²) in [6, 6.07) is 12.0. The van der Waals surface area contributed by atoms with Crippen LogP contribution in [-0.4, -0.2) is 40.3 Å². The van der Waals surface area contributed by atoms with Crippen LogP contribution in [0.15, 0.2) is 47.6 Å². The summed E-state index contributed by atoms with van der Waals surface area (Å²) in [6.45, 7) is 1.95. The van der Waals surface area contributed by atoms with Gasteiger partial charge in [-0.05, 0) is 31.2 Å². The number of hydrogen-bond donors (Lipinski definition) is 1. The smallest absolute Gasteiger partial charge is 0.325 e. The number of carbonyl (C=O) groups excluding carboxylic acids is 2. The molecule has 3 rings (SSSR count). The highest BCUT2D eigenvalue weighted by Gasteiger charge is 2.16. The number of imidazole rings is 1. The van der Waals surface area contributed by atoms with Crippen LogP contribution in [0.2, 0.25) is 5.02 Å². The quantitative estimate of drug-likeness (QED) is 0.432. The highest BCUT2D eigenvalue weighted by Crippen LogP contribution is 2.28. The number of hydrogen-bond acceptors (Lipinski definition) is 5. The van der Waals surface area contributed by atoms with Crippen LogP contribution in [-0.2, 0) is 20.9 Å². The summed E-state index contributed by atoms with van der Waals surface area (Å²) in [5, 5.41) is 3.38. The van der Waals surface area contributed by atoms with E-state index >= 15 is 0 Å². The lowest BCUT2D eigenvalue weighted by Gasteiger charge is -2.11.